The molecule has 0 bridgehead atoms. The van der Waals surface area contributed by atoms with Crippen LogP contribution in [0.2, 0.25) is 0 Å². The highest BCUT2D eigenvalue weighted by molar-refractivity contribution is 5.70. The highest BCUT2D eigenvalue weighted by Crippen LogP contribution is 2.19. The number of rotatable bonds is 7. The number of esters is 1. The molecule has 2 N–H and O–H groups in total. The van der Waals surface area contributed by atoms with Crippen molar-refractivity contribution >= 4 is 5.97 Å². The zero-order chi connectivity index (χ0) is 15.8. The van der Waals surface area contributed by atoms with E-state index < -0.39 is 0 Å². The second-order valence-corrected chi connectivity index (χ2v) is 4.96. The van der Waals surface area contributed by atoms with E-state index in [2.05, 4.69) is 0 Å². The first-order valence-electron chi connectivity index (χ1n) is 7.37. The Morgan fingerprint density at radius 1 is 1.09 bits per heavy atom. The van der Waals surface area contributed by atoms with Crippen LogP contribution in [0.25, 0.3) is 0 Å². The van der Waals surface area contributed by atoms with E-state index >= 15 is 0 Å². The summed E-state index contributed by atoms with van der Waals surface area (Å²) in [5, 5.41) is 0. The Bertz CT molecular complexity index is 581. The molecule has 22 heavy (non-hydrogen) atoms. The molecular formula is C18H21NO3. The van der Waals surface area contributed by atoms with E-state index in [9.17, 15) is 4.79 Å². The number of benzene rings is 2. The lowest BCUT2D eigenvalue weighted by Crippen LogP contribution is -2.17. The van der Waals surface area contributed by atoms with Crippen LogP contribution >= 0.6 is 0 Å². The molecule has 4 heteroatoms. The Kier molecular flexibility index (Phi) is 5.98. The third kappa shape index (κ3) is 4.90. The molecule has 1 atom stereocenters. The fraction of sp³-hybridized carbons (Fsp3) is 0.278. The largest absolute Gasteiger partial charge is 0.489 e. The van der Waals surface area contributed by atoms with Crippen molar-refractivity contribution in [3.8, 4) is 5.75 Å². The standard InChI is InChI=1S/C18H21NO3/c1-2-21-18(20)12-17(19)15-8-10-16(11-9-15)22-13-14-6-4-3-5-7-14/h3-11,17H,2,12-13,19H2,1H3/t17-/m0/s1. The van der Waals surface area contributed by atoms with Crippen molar-refractivity contribution in [2.75, 3.05) is 6.61 Å². The lowest BCUT2D eigenvalue weighted by Gasteiger charge is -2.12. The molecule has 0 aliphatic carbocycles. The summed E-state index contributed by atoms with van der Waals surface area (Å²) in [7, 11) is 0. The van der Waals surface area contributed by atoms with Gasteiger partial charge in [-0.25, -0.2) is 0 Å². The van der Waals surface area contributed by atoms with Gasteiger partial charge in [-0.15, -0.1) is 0 Å². The first-order chi connectivity index (χ1) is 10.7. The minimum atomic E-state index is -0.359. The van der Waals surface area contributed by atoms with Crippen molar-refractivity contribution in [3.05, 3.63) is 65.7 Å². The number of ether oxygens (including phenoxy) is 2. The quantitative estimate of drug-likeness (QED) is 0.797. The zero-order valence-corrected chi connectivity index (χ0v) is 12.7. The van der Waals surface area contributed by atoms with Crippen LogP contribution in [-0.4, -0.2) is 12.6 Å². The van der Waals surface area contributed by atoms with Crippen LogP contribution in [-0.2, 0) is 16.1 Å². The summed E-state index contributed by atoms with van der Waals surface area (Å²) in [6.45, 7) is 2.68. The maximum absolute atomic E-state index is 11.4. The van der Waals surface area contributed by atoms with Gasteiger partial charge in [0.2, 0.25) is 0 Å². The summed E-state index contributed by atoms with van der Waals surface area (Å²) in [6, 6.07) is 17.1. The molecule has 0 radical (unpaired) electrons. The van der Waals surface area contributed by atoms with Crippen LogP contribution in [0.3, 0.4) is 0 Å². The van der Waals surface area contributed by atoms with Gasteiger partial charge in [0.05, 0.1) is 13.0 Å². The van der Waals surface area contributed by atoms with Gasteiger partial charge in [-0.1, -0.05) is 42.5 Å². The molecule has 116 valence electrons. The van der Waals surface area contributed by atoms with Crippen molar-refractivity contribution in [1.82, 2.24) is 0 Å². The predicted molar refractivity (Wildman–Crippen MR) is 85.4 cm³/mol. The molecular weight excluding hydrogens is 278 g/mol. The van der Waals surface area contributed by atoms with Crippen molar-refractivity contribution in [2.24, 2.45) is 5.73 Å². The SMILES string of the molecule is CCOC(=O)C[C@H](N)c1ccc(OCc2ccccc2)cc1. The molecule has 0 aliphatic rings. The van der Waals surface area contributed by atoms with Gasteiger partial charge in [-0.3, -0.25) is 4.79 Å². The van der Waals surface area contributed by atoms with Crippen LogP contribution in [0.5, 0.6) is 5.75 Å². The van der Waals surface area contributed by atoms with E-state index in [0.29, 0.717) is 13.2 Å². The summed E-state index contributed by atoms with van der Waals surface area (Å²) in [5.41, 5.74) is 8.00. The van der Waals surface area contributed by atoms with Crippen LogP contribution < -0.4 is 10.5 Å². The lowest BCUT2D eigenvalue weighted by molar-refractivity contribution is -0.143. The van der Waals surface area contributed by atoms with Gasteiger partial charge in [0, 0.05) is 6.04 Å². The predicted octanol–water partition coefficient (Wildman–Crippen LogP) is 3.22. The van der Waals surface area contributed by atoms with Crippen molar-refractivity contribution in [2.45, 2.75) is 26.0 Å². The monoisotopic (exact) mass is 299 g/mol. The zero-order valence-electron chi connectivity index (χ0n) is 12.7. The van der Waals surface area contributed by atoms with E-state index in [0.717, 1.165) is 16.9 Å². The van der Waals surface area contributed by atoms with Crippen LogP contribution in [0.15, 0.2) is 54.6 Å². The maximum Gasteiger partial charge on any atom is 0.307 e. The molecule has 0 saturated heterocycles. The second-order valence-electron chi connectivity index (χ2n) is 4.96. The van der Waals surface area contributed by atoms with Crippen molar-refractivity contribution in [3.63, 3.8) is 0 Å². The lowest BCUT2D eigenvalue weighted by atomic mass is 10.0. The fourth-order valence-electron chi connectivity index (χ4n) is 2.07. The van der Waals surface area contributed by atoms with Crippen LogP contribution in [0, 0.1) is 0 Å². The van der Waals surface area contributed by atoms with E-state index in [1.165, 1.54) is 0 Å². The Morgan fingerprint density at radius 2 is 1.77 bits per heavy atom. The minimum Gasteiger partial charge on any atom is -0.489 e. The van der Waals surface area contributed by atoms with Gasteiger partial charge >= 0.3 is 5.97 Å². The van der Waals surface area contributed by atoms with Gasteiger partial charge in [-0.05, 0) is 30.2 Å². The molecule has 0 saturated carbocycles. The molecule has 2 rings (SSSR count). The van der Waals surface area contributed by atoms with Crippen LogP contribution in [0.1, 0.15) is 30.5 Å². The van der Waals surface area contributed by atoms with Gasteiger partial charge < -0.3 is 15.2 Å². The fourth-order valence-corrected chi connectivity index (χ4v) is 2.07. The molecule has 0 fully saturated rings. The highest BCUT2D eigenvalue weighted by atomic mass is 16.5. The van der Waals surface area contributed by atoms with Gasteiger partial charge in [0.25, 0.3) is 0 Å². The number of nitrogens with two attached hydrogens (primary N) is 1. The minimum absolute atomic E-state index is 0.179. The first kappa shape index (κ1) is 16.0. The summed E-state index contributed by atoms with van der Waals surface area (Å²) in [6.07, 6.45) is 0.179. The average Bonchev–Trinajstić information content (AvgIpc) is 2.54. The average molecular weight is 299 g/mol. The van der Waals surface area contributed by atoms with Crippen molar-refractivity contribution in [1.29, 1.82) is 0 Å². The Morgan fingerprint density at radius 3 is 2.41 bits per heavy atom. The molecule has 0 aromatic heterocycles. The maximum atomic E-state index is 11.4. The van der Waals surface area contributed by atoms with E-state index in [1.54, 1.807) is 6.92 Å². The molecule has 0 amide bonds. The smallest absolute Gasteiger partial charge is 0.307 e. The normalized spacial score (nSPS) is 11.7. The summed E-state index contributed by atoms with van der Waals surface area (Å²) >= 11 is 0. The summed E-state index contributed by atoms with van der Waals surface area (Å²) < 4.78 is 10.6. The van der Waals surface area contributed by atoms with Gasteiger partial charge in [0.1, 0.15) is 12.4 Å². The van der Waals surface area contributed by atoms with Crippen LogP contribution in [0.4, 0.5) is 0 Å². The topological polar surface area (TPSA) is 61.5 Å². The van der Waals surface area contributed by atoms with Gasteiger partial charge in [0.15, 0.2) is 0 Å². The Hall–Kier alpha value is -2.33. The molecule has 0 aliphatic heterocycles. The number of carbonyl (C=O) groups excluding carboxylic acids is 1. The number of carbonyl (C=O) groups is 1. The summed E-state index contributed by atoms with van der Waals surface area (Å²) in [4.78, 5) is 11.4. The third-order valence-corrected chi connectivity index (χ3v) is 3.25. The molecule has 0 heterocycles. The molecule has 2 aromatic rings. The first-order valence-corrected chi connectivity index (χ1v) is 7.37. The van der Waals surface area contributed by atoms with E-state index in [1.807, 2.05) is 54.6 Å². The Labute approximate surface area is 130 Å². The van der Waals surface area contributed by atoms with Gasteiger partial charge in [-0.2, -0.15) is 0 Å². The molecule has 4 nitrogen and oxygen atoms in total. The summed E-state index contributed by atoms with van der Waals surface area (Å²) in [5.74, 6) is 0.496. The molecule has 0 unspecified atom stereocenters. The molecule has 0 spiro atoms. The van der Waals surface area contributed by atoms with E-state index in [-0.39, 0.29) is 18.4 Å². The number of hydrogen-bond acceptors (Lipinski definition) is 4. The second kappa shape index (κ2) is 8.20. The third-order valence-electron chi connectivity index (χ3n) is 3.25. The Balaban J connectivity index is 1.88. The molecule has 2 aromatic carbocycles. The number of hydrogen-bond donors (Lipinski definition) is 1. The highest BCUT2D eigenvalue weighted by Gasteiger charge is 2.12. The van der Waals surface area contributed by atoms with Crippen molar-refractivity contribution < 1.29 is 14.3 Å². The van der Waals surface area contributed by atoms with E-state index in [4.69, 9.17) is 15.2 Å².